The monoisotopic (exact) mass is 405 g/mol. The summed E-state index contributed by atoms with van der Waals surface area (Å²) in [4.78, 5) is 32.9. The molecule has 1 aliphatic carbocycles. The number of aromatic nitrogens is 1. The molecule has 5 rings (SSSR count). The molecule has 0 bridgehead atoms. The fourth-order valence-corrected chi connectivity index (χ4v) is 4.90. The lowest BCUT2D eigenvalue weighted by molar-refractivity contribution is -0.132. The molecule has 2 N–H and O–H groups in total. The molecule has 1 saturated carbocycles. The Labute approximate surface area is 176 Å². The SMILES string of the molecule is O=C(NCC1CC12CCN(C(=O)Cc1cccnc1)CC2)N1C=C2C=CNC=C2C1. The largest absolute Gasteiger partial charge is 0.367 e. The maximum atomic E-state index is 12.6. The fourth-order valence-electron chi connectivity index (χ4n) is 4.90. The number of carbonyl (C=O) groups is 2. The molecule has 1 aromatic heterocycles. The zero-order valence-corrected chi connectivity index (χ0v) is 17.0. The van der Waals surface area contributed by atoms with Crippen LogP contribution in [0.5, 0.6) is 0 Å². The predicted molar refractivity (Wildman–Crippen MR) is 113 cm³/mol. The number of nitrogens with one attached hydrogen (secondary N) is 2. The van der Waals surface area contributed by atoms with E-state index in [1.165, 1.54) is 0 Å². The van der Waals surface area contributed by atoms with Gasteiger partial charge in [-0.05, 0) is 59.4 Å². The molecule has 0 aromatic carbocycles. The highest BCUT2D eigenvalue weighted by atomic mass is 16.2. The van der Waals surface area contributed by atoms with Crippen LogP contribution in [0.1, 0.15) is 24.8 Å². The molecule has 156 valence electrons. The van der Waals surface area contributed by atoms with Crippen molar-refractivity contribution in [2.75, 3.05) is 26.2 Å². The van der Waals surface area contributed by atoms with E-state index in [1.54, 1.807) is 17.3 Å². The Morgan fingerprint density at radius 2 is 2.17 bits per heavy atom. The van der Waals surface area contributed by atoms with Crippen molar-refractivity contribution in [1.29, 1.82) is 0 Å². The van der Waals surface area contributed by atoms with Gasteiger partial charge >= 0.3 is 6.03 Å². The van der Waals surface area contributed by atoms with Crippen LogP contribution < -0.4 is 10.6 Å². The van der Waals surface area contributed by atoms with Crippen LogP contribution in [0.2, 0.25) is 0 Å². The van der Waals surface area contributed by atoms with Crippen molar-refractivity contribution in [1.82, 2.24) is 25.4 Å². The second kappa shape index (κ2) is 7.63. The minimum Gasteiger partial charge on any atom is -0.367 e. The lowest BCUT2D eigenvalue weighted by atomic mass is 9.90. The van der Waals surface area contributed by atoms with Gasteiger partial charge in [-0.25, -0.2) is 4.79 Å². The Morgan fingerprint density at radius 3 is 2.93 bits per heavy atom. The molecular weight excluding hydrogens is 378 g/mol. The van der Waals surface area contributed by atoms with Gasteiger partial charge in [-0.2, -0.15) is 0 Å². The molecule has 4 heterocycles. The fraction of sp³-hybridized carbons (Fsp3) is 0.435. The first-order valence-corrected chi connectivity index (χ1v) is 10.7. The van der Waals surface area contributed by atoms with E-state index >= 15 is 0 Å². The van der Waals surface area contributed by atoms with Crippen molar-refractivity contribution >= 4 is 11.9 Å². The zero-order chi connectivity index (χ0) is 20.6. The number of nitrogens with zero attached hydrogens (tertiary/aromatic N) is 3. The molecule has 3 aliphatic heterocycles. The molecule has 1 aromatic rings. The number of allylic oxidation sites excluding steroid dienone is 1. The molecular formula is C23H27N5O2. The van der Waals surface area contributed by atoms with Crippen molar-refractivity contribution in [2.45, 2.75) is 25.7 Å². The molecule has 30 heavy (non-hydrogen) atoms. The van der Waals surface area contributed by atoms with E-state index in [1.807, 2.05) is 41.7 Å². The Morgan fingerprint density at radius 1 is 1.30 bits per heavy atom. The number of piperidine rings is 1. The van der Waals surface area contributed by atoms with Crippen LogP contribution in [-0.4, -0.2) is 52.9 Å². The maximum absolute atomic E-state index is 12.6. The van der Waals surface area contributed by atoms with Gasteiger partial charge in [0.15, 0.2) is 0 Å². The molecule has 0 radical (unpaired) electrons. The summed E-state index contributed by atoms with van der Waals surface area (Å²) in [6, 6.07) is 3.79. The number of rotatable bonds is 4. The summed E-state index contributed by atoms with van der Waals surface area (Å²) in [5.74, 6) is 0.708. The summed E-state index contributed by atoms with van der Waals surface area (Å²) < 4.78 is 0. The molecule has 2 fully saturated rings. The second-order valence-electron chi connectivity index (χ2n) is 8.75. The van der Waals surface area contributed by atoms with Crippen LogP contribution in [-0.2, 0) is 11.2 Å². The number of carbonyl (C=O) groups excluding carboxylic acids is 2. The molecule has 7 heteroatoms. The standard InChI is InChI=1S/C23H27N5O2/c29-21(10-17-2-1-6-24-12-17)27-8-4-23(5-9-27)11-20(23)14-26-22(30)28-15-18-3-7-25-13-19(18)16-28/h1-3,6-7,12-13,15,20,25H,4-5,8-11,14,16H2,(H,26,30). The lowest BCUT2D eigenvalue weighted by Gasteiger charge is -2.33. The van der Waals surface area contributed by atoms with Crippen molar-refractivity contribution in [3.05, 3.63) is 65.9 Å². The van der Waals surface area contributed by atoms with E-state index in [0.29, 0.717) is 24.3 Å². The third kappa shape index (κ3) is 3.72. The van der Waals surface area contributed by atoms with Crippen LogP contribution >= 0.6 is 0 Å². The van der Waals surface area contributed by atoms with Gasteiger partial charge in [0.25, 0.3) is 0 Å². The topological polar surface area (TPSA) is 77.6 Å². The summed E-state index contributed by atoms with van der Waals surface area (Å²) in [6.45, 7) is 2.96. The Kier molecular flexibility index (Phi) is 4.81. The van der Waals surface area contributed by atoms with Crippen molar-refractivity contribution < 1.29 is 9.59 Å². The highest BCUT2D eigenvalue weighted by Crippen LogP contribution is 2.59. The molecule has 4 aliphatic rings. The number of dihydropyridines is 1. The van der Waals surface area contributed by atoms with Crippen LogP contribution in [0, 0.1) is 11.3 Å². The Balaban J connectivity index is 1.07. The van der Waals surface area contributed by atoms with Gasteiger partial charge in [-0.15, -0.1) is 0 Å². The Hall–Kier alpha value is -3.09. The highest BCUT2D eigenvalue weighted by Gasteiger charge is 2.54. The number of fused-ring (bicyclic) bond motifs is 1. The van der Waals surface area contributed by atoms with E-state index in [4.69, 9.17) is 0 Å². The zero-order valence-electron chi connectivity index (χ0n) is 17.0. The lowest BCUT2D eigenvalue weighted by Crippen LogP contribution is -2.41. The van der Waals surface area contributed by atoms with Gasteiger partial charge in [0.1, 0.15) is 0 Å². The van der Waals surface area contributed by atoms with Gasteiger partial charge in [0.05, 0.1) is 13.0 Å². The van der Waals surface area contributed by atoms with Gasteiger partial charge in [-0.1, -0.05) is 6.07 Å². The van der Waals surface area contributed by atoms with Gasteiger partial charge < -0.3 is 15.5 Å². The van der Waals surface area contributed by atoms with E-state index in [0.717, 1.165) is 55.6 Å². The summed E-state index contributed by atoms with van der Waals surface area (Å²) >= 11 is 0. The molecule has 7 nitrogen and oxygen atoms in total. The summed E-state index contributed by atoms with van der Waals surface area (Å²) in [5, 5.41) is 6.18. The van der Waals surface area contributed by atoms with Crippen molar-refractivity contribution in [3.8, 4) is 0 Å². The number of pyridine rings is 1. The van der Waals surface area contributed by atoms with E-state index in [-0.39, 0.29) is 11.9 Å². The minimum atomic E-state index is -0.0302. The molecule has 1 atom stereocenters. The average molecular weight is 406 g/mol. The molecule has 1 spiro atoms. The quantitative estimate of drug-likeness (QED) is 0.805. The molecule has 1 unspecified atom stereocenters. The van der Waals surface area contributed by atoms with E-state index in [9.17, 15) is 9.59 Å². The molecule has 3 amide bonds. The number of urea groups is 1. The number of hydrogen-bond donors (Lipinski definition) is 2. The van der Waals surface area contributed by atoms with Gasteiger partial charge in [0, 0.05) is 50.6 Å². The summed E-state index contributed by atoms with van der Waals surface area (Å²) in [7, 11) is 0. The van der Waals surface area contributed by atoms with E-state index in [2.05, 4.69) is 15.6 Å². The first-order chi connectivity index (χ1) is 14.6. The average Bonchev–Trinajstić information content (AvgIpc) is 3.25. The first kappa shape index (κ1) is 18.9. The smallest absolute Gasteiger partial charge is 0.321 e. The van der Waals surface area contributed by atoms with E-state index < -0.39 is 0 Å². The van der Waals surface area contributed by atoms with Crippen LogP contribution in [0.15, 0.2) is 60.3 Å². The molecule has 1 saturated heterocycles. The summed E-state index contributed by atoms with van der Waals surface area (Å²) in [6.07, 6.45) is 14.8. The van der Waals surface area contributed by atoms with Gasteiger partial charge in [-0.3, -0.25) is 14.7 Å². The van der Waals surface area contributed by atoms with Crippen molar-refractivity contribution in [2.24, 2.45) is 11.3 Å². The normalized spacial score (nSPS) is 23.4. The maximum Gasteiger partial charge on any atom is 0.321 e. The van der Waals surface area contributed by atoms with Crippen LogP contribution in [0.4, 0.5) is 4.79 Å². The number of hydrogen-bond acceptors (Lipinski definition) is 4. The third-order valence-corrected chi connectivity index (χ3v) is 6.93. The second-order valence-corrected chi connectivity index (χ2v) is 8.75. The van der Waals surface area contributed by atoms with Crippen LogP contribution in [0.25, 0.3) is 0 Å². The number of likely N-dealkylation sites (tertiary alicyclic amines) is 1. The van der Waals surface area contributed by atoms with Gasteiger partial charge in [0.2, 0.25) is 5.91 Å². The van der Waals surface area contributed by atoms with Crippen LogP contribution in [0.3, 0.4) is 0 Å². The first-order valence-electron chi connectivity index (χ1n) is 10.7. The number of amides is 3. The Bertz CT molecular complexity index is 928. The minimum absolute atomic E-state index is 0.0302. The predicted octanol–water partition coefficient (Wildman–Crippen LogP) is 2.16. The summed E-state index contributed by atoms with van der Waals surface area (Å²) in [5.41, 5.74) is 3.51. The third-order valence-electron chi connectivity index (χ3n) is 6.93. The van der Waals surface area contributed by atoms with Crippen molar-refractivity contribution in [3.63, 3.8) is 0 Å². The highest BCUT2D eigenvalue weighted by molar-refractivity contribution is 5.79.